The van der Waals surface area contributed by atoms with Crippen molar-refractivity contribution in [2.45, 2.75) is 39.5 Å². The minimum Gasteiger partial charge on any atom is -0.356 e. The minimum absolute atomic E-state index is 0.673. The number of piperidine rings is 1. The summed E-state index contributed by atoms with van der Waals surface area (Å²) in [6.45, 7) is 6.83. The van der Waals surface area contributed by atoms with Crippen LogP contribution in [-0.2, 0) is 6.42 Å². The summed E-state index contributed by atoms with van der Waals surface area (Å²) in [4.78, 5) is 12.6. The summed E-state index contributed by atoms with van der Waals surface area (Å²) in [7, 11) is 0. The first-order valence-corrected chi connectivity index (χ1v) is 8.09. The summed E-state index contributed by atoms with van der Waals surface area (Å²) in [5.41, 5.74) is 1.43. The van der Waals surface area contributed by atoms with Gasteiger partial charge < -0.3 is 4.90 Å². The van der Waals surface area contributed by atoms with Crippen molar-refractivity contribution in [1.82, 2.24) is 9.97 Å². The van der Waals surface area contributed by atoms with Crippen molar-refractivity contribution in [3.8, 4) is 0 Å². The predicted octanol–water partition coefficient (Wildman–Crippen LogP) is 3.88. The van der Waals surface area contributed by atoms with E-state index in [0.29, 0.717) is 5.92 Å². The van der Waals surface area contributed by atoms with Gasteiger partial charge in [-0.15, -0.1) is 11.3 Å². The van der Waals surface area contributed by atoms with E-state index >= 15 is 0 Å². The number of thiophene rings is 1. The summed E-state index contributed by atoms with van der Waals surface area (Å²) >= 11 is 1.76. The maximum absolute atomic E-state index is 4.59. The van der Waals surface area contributed by atoms with Gasteiger partial charge in [0, 0.05) is 13.1 Å². The normalized spacial score (nSPS) is 16.5. The second kappa shape index (κ2) is 5.45. The van der Waals surface area contributed by atoms with Crippen LogP contribution >= 0.6 is 11.3 Å². The van der Waals surface area contributed by atoms with Gasteiger partial charge in [-0.3, -0.25) is 0 Å². The second-order valence-corrected chi connectivity index (χ2v) is 6.64. The molecule has 3 nitrogen and oxygen atoms in total. The molecule has 1 saturated heterocycles. The smallest absolute Gasteiger partial charge is 0.141 e. The first kappa shape index (κ1) is 12.9. The molecule has 102 valence electrons. The fraction of sp³-hybridized carbons (Fsp3) is 0.600. The van der Waals surface area contributed by atoms with Crippen LogP contribution in [0.3, 0.4) is 0 Å². The van der Waals surface area contributed by atoms with E-state index in [9.17, 15) is 0 Å². The monoisotopic (exact) mass is 275 g/mol. The highest BCUT2D eigenvalue weighted by molar-refractivity contribution is 7.17. The molecule has 2 aromatic rings. The van der Waals surface area contributed by atoms with Crippen molar-refractivity contribution >= 4 is 27.4 Å². The zero-order valence-electron chi connectivity index (χ0n) is 11.7. The van der Waals surface area contributed by atoms with Gasteiger partial charge in [0.2, 0.25) is 0 Å². The molecule has 0 saturated carbocycles. The van der Waals surface area contributed by atoms with E-state index in [-0.39, 0.29) is 0 Å². The molecule has 1 aliphatic rings. The highest BCUT2D eigenvalue weighted by Gasteiger charge is 2.18. The zero-order valence-corrected chi connectivity index (χ0v) is 12.5. The van der Waals surface area contributed by atoms with Gasteiger partial charge in [-0.05, 0) is 42.5 Å². The van der Waals surface area contributed by atoms with Gasteiger partial charge in [-0.25, -0.2) is 9.97 Å². The molecule has 3 heterocycles. The van der Waals surface area contributed by atoms with Gasteiger partial charge in [-0.1, -0.05) is 13.8 Å². The van der Waals surface area contributed by atoms with Crippen LogP contribution in [0, 0.1) is 5.92 Å². The standard InChI is InChI=1S/C15H21N3S/c1-11(2)8-12-9-19-15-13(12)14(16-10-17-15)18-6-4-3-5-7-18/h9-11H,3-8H2,1-2H3. The van der Waals surface area contributed by atoms with Crippen molar-refractivity contribution in [3.05, 3.63) is 17.3 Å². The van der Waals surface area contributed by atoms with E-state index in [0.717, 1.165) is 24.3 Å². The van der Waals surface area contributed by atoms with E-state index in [4.69, 9.17) is 0 Å². The zero-order chi connectivity index (χ0) is 13.2. The van der Waals surface area contributed by atoms with Crippen LogP contribution in [0.15, 0.2) is 11.7 Å². The molecule has 2 aromatic heterocycles. The Morgan fingerprint density at radius 2 is 2.00 bits per heavy atom. The Morgan fingerprint density at radius 1 is 1.21 bits per heavy atom. The maximum Gasteiger partial charge on any atom is 0.141 e. The first-order chi connectivity index (χ1) is 9.25. The van der Waals surface area contributed by atoms with E-state index < -0.39 is 0 Å². The van der Waals surface area contributed by atoms with Gasteiger partial charge in [0.15, 0.2) is 0 Å². The summed E-state index contributed by atoms with van der Waals surface area (Å²) in [6, 6.07) is 0. The molecule has 0 aromatic carbocycles. The molecular formula is C15H21N3S. The Balaban J connectivity index is 2.04. The van der Waals surface area contributed by atoms with Crippen LogP contribution in [-0.4, -0.2) is 23.1 Å². The van der Waals surface area contributed by atoms with Crippen molar-refractivity contribution < 1.29 is 0 Å². The molecule has 3 rings (SSSR count). The fourth-order valence-electron chi connectivity index (χ4n) is 2.85. The quantitative estimate of drug-likeness (QED) is 0.851. The number of aromatic nitrogens is 2. The summed E-state index contributed by atoms with van der Waals surface area (Å²) in [6.07, 6.45) is 6.77. The Hall–Kier alpha value is -1.16. The van der Waals surface area contributed by atoms with Crippen molar-refractivity contribution in [3.63, 3.8) is 0 Å². The summed E-state index contributed by atoms with van der Waals surface area (Å²) < 4.78 is 0. The Bertz CT molecular complexity index is 556. The molecule has 1 aliphatic heterocycles. The third-order valence-corrected chi connectivity index (χ3v) is 4.65. The van der Waals surface area contributed by atoms with E-state index in [1.54, 1.807) is 17.7 Å². The van der Waals surface area contributed by atoms with Gasteiger partial charge in [-0.2, -0.15) is 0 Å². The van der Waals surface area contributed by atoms with Crippen LogP contribution in [0.5, 0.6) is 0 Å². The third kappa shape index (κ3) is 2.59. The van der Waals surface area contributed by atoms with E-state index in [1.165, 1.54) is 36.0 Å². The number of nitrogens with zero attached hydrogens (tertiary/aromatic N) is 3. The molecule has 0 atom stereocenters. The van der Waals surface area contributed by atoms with Crippen molar-refractivity contribution in [1.29, 1.82) is 0 Å². The molecule has 0 bridgehead atoms. The molecule has 0 aliphatic carbocycles. The highest BCUT2D eigenvalue weighted by atomic mass is 32.1. The lowest BCUT2D eigenvalue weighted by Gasteiger charge is -2.28. The van der Waals surface area contributed by atoms with Gasteiger partial charge >= 0.3 is 0 Å². The Kier molecular flexibility index (Phi) is 3.69. The second-order valence-electron chi connectivity index (χ2n) is 5.78. The topological polar surface area (TPSA) is 29.0 Å². The van der Waals surface area contributed by atoms with Gasteiger partial charge in [0.05, 0.1) is 5.39 Å². The van der Waals surface area contributed by atoms with E-state index in [1.807, 2.05) is 0 Å². The fourth-order valence-corrected chi connectivity index (χ4v) is 3.77. The van der Waals surface area contributed by atoms with Crippen LogP contribution in [0.1, 0.15) is 38.7 Å². The van der Waals surface area contributed by atoms with Crippen LogP contribution in [0.4, 0.5) is 5.82 Å². The highest BCUT2D eigenvalue weighted by Crippen LogP contribution is 2.33. The molecular weight excluding hydrogens is 254 g/mol. The van der Waals surface area contributed by atoms with Crippen molar-refractivity contribution in [2.24, 2.45) is 5.92 Å². The molecule has 0 spiro atoms. The van der Waals surface area contributed by atoms with Crippen LogP contribution < -0.4 is 4.90 Å². The summed E-state index contributed by atoms with van der Waals surface area (Å²) in [5.74, 6) is 1.84. The Labute approximate surface area is 118 Å². The number of hydrogen-bond donors (Lipinski definition) is 0. The van der Waals surface area contributed by atoms with Gasteiger partial charge in [0.25, 0.3) is 0 Å². The Morgan fingerprint density at radius 3 is 2.74 bits per heavy atom. The summed E-state index contributed by atoms with van der Waals surface area (Å²) in [5, 5.41) is 3.58. The maximum atomic E-state index is 4.59. The van der Waals surface area contributed by atoms with Crippen molar-refractivity contribution in [2.75, 3.05) is 18.0 Å². The third-order valence-electron chi connectivity index (χ3n) is 3.71. The number of hydrogen-bond acceptors (Lipinski definition) is 4. The van der Waals surface area contributed by atoms with Crippen LogP contribution in [0.2, 0.25) is 0 Å². The predicted molar refractivity (Wildman–Crippen MR) is 82.0 cm³/mol. The minimum atomic E-state index is 0.673. The number of rotatable bonds is 3. The lowest BCUT2D eigenvalue weighted by molar-refractivity contribution is 0.574. The molecule has 0 amide bonds. The molecule has 0 unspecified atom stereocenters. The largest absolute Gasteiger partial charge is 0.356 e. The van der Waals surface area contributed by atoms with Gasteiger partial charge in [0.1, 0.15) is 17.0 Å². The molecule has 1 fully saturated rings. The number of fused-ring (bicyclic) bond motifs is 1. The first-order valence-electron chi connectivity index (χ1n) is 7.21. The lowest BCUT2D eigenvalue weighted by Crippen LogP contribution is -2.30. The van der Waals surface area contributed by atoms with Crippen LogP contribution in [0.25, 0.3) is 10.2 Å². The molecule has 0 N–H and O–H groups in total. The average molecular weight is 275 g/mol. The lowest BCUT2D eigenvalue weighted by atomic mass is 10.0. The molecule has 19 heavy (non-hydrogen) atoms. The SMILES string of the molecule is CC(C)Cc1csc2ncnc(N3CCCCC3)c12. The van der Waals surface area contributed by atoms with E-state index in [2.05, 4.69) is 34.1 Å². The average Bonchev–Trinajstić information content (AvgIpc) is 2.82. The number of anilines is 1. The molecule has 0 radical (unpaired) electrons. The molecule has 4 heteroatoms.